The van der Waals surface area contributed by atoms with E-state index < -0.39 is 0 Å². The molecule has 1 nitrogen and oxygen atoms in total. The van der Waals surface area contributed by atoms with Gasteiger partial charge >= 0.3 is 0 Å². The lowest BCUT2D eigenvalue weighted by molar-refractivity contribution is -0.0162. The van der Waals surface area contributed by atoms with Crippen molar-refractivity contribution in [1.29, 1.82) is 0 Å². The molecule has 0 radical (unpaired) electrons. The Morgan fingerprint density at radius 1 is 1.25 bits per heavy atom. The third kappa shape index (κ3) is 2.70. The molecule has 0 aromatic rings. The highest BCUT2D eigenvalue weighted by Crippen LogP contribution is 2.33. The summed E-state index contributed by atoms with van der Waals surface area (Å²) in [5, 5.41) is 0. The van der Waals surface area contributed by atoms with Crippen molar-refractivity contribution in [1.82, 2.24) is 0 Å². The van der Waals surface area contributed by atoms with Gasteiger partial charge in [0.1, 0.15) is 10.5 Å². The van der Waals surface area contributed by atoms with Crippen LogP contribution in [0.15, 0.2) is 0 Å². The lowest BCUT2D eigenvalue weighted by Crippen LogP contribution is -2.43. The standard InChI is InChI=1S/C9H21IOSi/c1-7(2)9(11-12,5-6-10)8(3)4/h7-8H,5-6H2,1-4,12H3. The lowest BCUT2D eigenvalue weighted by atomic mass is 9.78. The first-order valence-electron chi connectivity index (χ1n) is 4.62. The smallest absolute Gasteiger partial charge is 0.146 e. The first-order chi connectivity index (χ1) is 5.51. The Bertz CT molecular complexity index is 118. The highest BCUT2D eigenvalue weighted by molar-refractivity contribution is 14.1. The zero-order valence-corrected chi connectivity index (χ0v) is 13.0. The summed E-state index contributed by atoms with van der Waals surface area (Å²) >= 11 is 2.44. The van der Waals surface area contributed by atoms with Gasteiger partial charge in [0.05, 0.1) is 5.60 Å². The van der Waals surface area contributed by atoms with E-state index in [1.807, 2.05) is 0 Å². The Hall–Kier alpha value is 0.907. The van der Waals surface area contributed by atoms with Gasteiger partial charge in [-0.05, 0) is 18.3 Å². The van der Waals surface area contributed by atoms with Crippen LogP contribution in [0.25, 0.3) is 0 Å². The zero-order valence-electron chi connectivity index (χ0n) is 8.86. The van der Waals surface area contributed by atoms with E-state index in [1.54, 1.807) is 0 Å². The van der Waals surface area contributed by atoms with Crippen LogP contribution >= 0.6 is 22.6 Å². The van der Waals surface area contributed by atoms with Crippen LogP contribution in [0.5, 0.6) is 0 Å². The average molecular weight is 300 g/mol. The van der Waals surface area contributed by atoms with E-state index in [0.29, 0.717) is 11.8 Å². The minimum atomic E-state index is 0.146. The van der Waals surface area contributed by atoms with Gasteiger partial charge in [-0.3, -0.25) is 0 Å². The van der Waals surface area contributed by atoms with Gasteiger partial charge in [-0.2, -0.15) is 0 Å². The number of hydrogen-bond acceptors (Lipinski definition) is 1. The summed E-state index contributed by atoms with van der Waals surface area (Å²) in [5.74, 6) is 1.26. The molecule has 0 bridgehead atoms. The highest BCUT2D eigenvalue weighted by Gasteiger charge is 2.35. The van der Waals surface area contributed by atoms with Gasteiger partial charge in [-0.1, -0.05) is 50.3 Å². The van der Waals surface area contributed by atoms with E-state index in [2.05, 4.69) is 50.3 Å². The van der Waals surface area contributed by atoms with E-state index in [4.69, 9.17) is 4.43 Å². The molecule has 0 aliphatic carbocycles. The maximum absolute atomic E-state index is 5.84. The second-order valence-corrected chi connectivity index (χ2v) is 5.39. The largest absolute Gasteiger partial charge is 0.422 e. The molecule has 0 heterocycles. The molecule has 0 fully saturated rings. The van der Waals surface area contributed by atoms with Crippen molar-refractivity contribution >= 4 is 33.1 Å². The Morgan fingerprint density at radius 3 is 1.75 bits per heavy atom. The van der Waals surface area contributed by atoms with Crippen LogP contribution in [0, 0.1) is 11.8 Å². The van der Waals surface area contributed by atoms with Crippen molar-refractivity contribution in [2.75, 3.05) is 4.43 Å². The van der Waals surface area contributed by atoms with E-state index in [0.717, 1.165) is 10.5 Å². The Balaban J connectivity index is 4.51. The predicted molar refractivity (Wildman–Crippen MR) is 66.9 cm³/mol. The van der Waals surface area contributed by atoms with Crippen molar-refractivity contribution in [2.24, 2.45) is 11.8 Å². The lowest BCUT2D eigenvalue weighted by Gasteiger charge is -2.40. The fourth-order valence-electron chi connectivity index (χ4n) is 1.97. The predicted octanol–water partition coefficient (Wildman–Crippen LogP) is 2.16. The van der Waals surface area contributed by atoms with Gasteiger partial charge in [0.15, 0.2) is 0 Å². The normalized spacial score (nSPS) is 13.2. The van der Waals surface area contributed by atoms with Crippen LogP contribution in [-0.2, 0) is 4.43 Å². The molecular weight excluding hydrogens is 279 g/mol. The maximum Gasteiger partial charge on any atom is 0.146 e. The molecule has 0 aromatic carbocycles. The molecule has 0 rings (SSSR count). The Labute approximate surface area is 93.3 Å². The van der Waals surface area contributed by atoms with Gasteiger partial charge < -0.3 is 4.43 Å². The molecule has 0 unspecified atom stereocenters. The van der Waals surface area contributed by atoms with Gasteiger partial charge in [-0.15, -0.1) is 0 Å². The quantitative estimate of drug-likeness (QED) is 0.429. The monoisotopic (exact) mass is 300 g/mol. The van der Waals surface area contributed by atoms with Crippen LogP contribution in [0.2, 0.25) is 0 Å². The molecule has 74 valence electrons. The molecular formula is C9H21IOSi. The fourth-order valence-corrected chi connectivity index (χ4v) is 3.96. The van der Waals surface area contributed by atoms with Crippen molar-refractivity contribution < 1.29 is 4.43 Å². The molecule has 3 heteroatoms. The Kier molecular flexibility index (Phi) is 6.02. The second kappa shape index (κ2) is 5.60. The summed E-state index contributed by atoms with van der Waals surface area (Å²) in [6.45, 7) is 9.07. The van der Waals surface area contributed by atoms with Crippen molar-refractivity contribution in [3.8, 4) is 0 Å². The van der Waals surface area contributed by atoms with Crippen molar-refractivity contribution in [3.05, 3.63) is 0 Å². The minimum absolute atomic E-state index is 0.146. The summed E-state index contributed by atoms with van der Waals surface area (Å²) in [6.07, 6.45) is 1.19. The van der Waals surface area contributed by atoms with Gasteiger partial charge in [-0.25, -0.2) is 0 Å². The molecule has 0 spiro atoms. The molecule has 0 atom stereocenters. The molecule has 12 heavy (non-hydrogen) atoms. The second-order valence-electron chi connectivity index (χ2n) is 3.91. The van der Waals surface area contributed by atoms with Crippen molar-refractivity contribution in [3.63, 3.8) is 0 Å². The first-order valence-corrected chi connectivity index (χ1v) is 6.96. The van der Waals surface area contributed by atoms with E-state index in [1.165, 1.54) is 10.8 Å². The molecule has 0 aromatic heterocycles. The van der Waals surface area contributed by atoms with Crippen LogP contribution in [-0.4, -0.2) is 20.5 Å². The van der Waals surface area contributed by atoms with Crippen LogP contribution in [0.3, 0.4) is 0 Å². The third-order valence-corrected chi connectivity index (χ3v) is 4.12. The third-order valence-electron chi connectivity index (χ3n) is 2.82. The molecule has 0 aliphatic heterocycles. The highest BCUT2D eigenvalue weighted by atomic mass is 127. The van der Waals surface area contributed by atoms with E-state index >= 15 is 0 Å². The molecule has 0 N–H and O–H groups in total. The summed E-state index contributed by atoms with van der Waals surface area (Å²) < 4.78 is 7.03. The summed E-state index contributed by atoms with van der Waals surface area (Å²) in [7, 11) is 0.853. The summed E-state index contributed by atoms with van der Waals surface area (Å²) in [5.41, 5.74) is 0.146. The molecule has 0 amide bonds. The van der Waals surface area contributed by atoms with Crippen molar-refractivity contribution in [2.45, 2.75) is 39.7 Å². The SMILES string of the molecule is CC(C)C(CCI)(O[SiH3])C(C)C. The number of rotatable bonds is 5. The summed E-state index contributed by atoms with van der Waals surface area (Å²) in [6, 6.07) is 0. The summed E-state index contributed by atoms with van der Waals surface area (Å²) in [4.78, 5) is 0. The van der Waals surface area contributed by atoms with Gasteiger partial charge in [0.25, 0.3) is 0 Å². The molecule has 0 aliphatic rings. The molecule has 0 saturated carbocycles. The average Bonchev–Trinajstić information content (AvgIpc) is 1.98. The van der Waals surface area contributed by atoms with E-state index in [-0.39, 0.29) is 5.60 Å². The van der Waals surface area contributed by atoms with Crippen LogP contribution < -0.4 is 0 Å². The topological polar surface area (TPSA) is 9.23 Å². The minimum Gasteiger partial charge on any atom is -0.422 e. The van der Waals surface area contributed by atoms with Gasteiger partial charge in [0.2, 0.25) is 0 Å². The maximum atomic E-state index is 5.84. The van der Waals surface area contributed by atoms with Gasteiger partial charge in [0, 0.05) is 4.43 Å². The van der Waals surface area contributed by atoms with E-state index in [9.17, 15) is 0 Å². The number of halogens is 1. The van der Waals surface area contributed by atoms with Crippen LogP contribution in [0.4, 0.5) is 0 Å². The number of hydrogen-bond donors (Lipinski definition) is 0. The zero-order chi connectivity index (χ0) is 9.78. The first kappa shape index (κ1) is 12.9. The Morgan fingerprint density at radius 2 is 1.67 bits per heavy atom. The molecule has 0 saturated heterocycles. The number of alkyl halides is 1. The van der Waals surface area contributed by atoms with Crippen LogP contribution in [0.1, 0.15) is 34.1 Å². The fraction of sp³-hybridized carbons (Fsp3) is 1.00.